The van der Waals surface area contributed by atoms with Crippen LogP contribution in [0.2, 0.25) is 0 Å². The van der Waals surface area contributed by atoms with E-state index in [1.807, 2.05) is 24.3 Å². The quantitative estimate of drug-likeness (QED) is 0.152. The van der Waals surface area contributed by atoms with Crippen LogP contribution < -0.4 is 0 Å². The number of nitrogens with zero attached hydrogens (tertiary/aromatic N) is 4. The Hall–Kier alpha value is -4.40. The van der Waals surface area contributed by atoms with Gasteiger partial charge in [0.15, 0.2) is 0 Å². The van der Waals surface area contributed by atoms with Crippen molar-refractivity contribution in [2.45, 2.75) is 96.3 Å². The Morgan fingerprint density at radius 3 is 2.21 bits per heavy atom. The van der Waals surface area contributed by atoms with Crippen LogP contribution in [0.4, 0.5) is 26.3 Å². The molecule has 2 saturated heterocycles. The molecule has 2 aromatic carbocycles. The summed E-state index contributed by atoms with van der Waals surface area (Å²) in [6.45, 7) is 6.51. The Labute approximate surface area is 327 Å². The van der Waals surface area contributed by atoms with Crippen molar-refractivity contribution in [3.63, 3.8) is 0 Å². The number of hydrogen-bond acceptors (Lipinski definition) is 6. The zero-order valence-electron chi connectivity index (χ0n) is 32.3. The van der Waals surface area contributed by atoms with Crippen LogP contribution in [0.5, 0.6) is 0 Å². The fraction of sp³-hybridized carbons (Fsp3) is 0.571. The fourth-order valence-electron chi connectivity index (χ4n) is 8.80. The molecule has 9 nitrogen and oxygen atoms in total. The predicted octanol–water partition coefficient (Wildman–Crippen LogP) is 8.18. The Bertz CT molecular complexity index is 1970. The van der Waals surface area contributed by atoms with E-state index in [4.69, 9.17) is 9.47 Å². The number of carbonyl (C=O) groups excluding carboxylic acids is 3. The maximum Gasteiger partial charge on any atom is 0.403 e. The van der Waals surface area contributed by atoms with E-state index < -0.39 is 46.6 Å². The summed E-state index contributed by atoms with van der Waals surface area (Å²) in [6.07, 6.45) is -5.15. The molecule has 0 N–H and O–H groups in total. The summed E-state index contributed by atoms with van der Waals surface area (Å²) in [6, 6.07) is 14.6. The molecule has 15 heteroatoms. The number of rotatable bonds is 10. The van der Waals surface area contributed by atoms with E-state index in [1.165, 1.54) is 11.1 Å². The Morgan fingerprint density at radius 1 is 0.877 bits per heavy atom. The number of esters is 1. The molecule has 2 aliphatic carbocycles. The van der Waals surface area contributed by atoms with E-state index in [0.29, 0.717) is 29.5 Å². The van der Waals surface area contributed by atoms with Gasteiger partial charge in [0.2, 0.25) is 5.91 Å². The number of alkyl halides is 6. The molecule has 0 radical (unpaired) electrons. The van der Waals surface area contributed by atoms with Crippen molar-refractivity contribution in [3.8, 4) is 0 Å². The Balaban J connectivity index is 1.02. The van der Waals surface area contributed by atoms with Gasteiger partial charge in [-0.2, -0.15) is 31.4 Å². The molecule has 308 valence electrons. The molecule has 4 fully saturated rings. The molecule has 2 aliphatic heterocycles. The maximum atomic E-state index is 14.0. The van der Waals surface area contributed by atoms with Gasteiger partial charge in [-0.25, -0.2) is 4.79 Å². The SMILES string of the molecule is CC(C)(C)OC(=O)c1ccccc1Cn1cc(C(=O)N2CC(COCc3cccc(C4CCC(C(F)(F)F)CC4)c3)C3(C2)CN(C(=O)C2(C(F)(F)F)CC2)C3)cn1. The van der Waals surface area contributed by atoms with Crippen LogP contribution in [-0.2, 0) is 27.4 Å². The second-order valence-corrected chi connectivity index (χ2v) is 17.4. The smallest absolute Gasteiger partial charge is 0.403 e. The van der Waals surface area contributed by atoms with E-state index >= 15 is 0 Å². The number of hydrogen-bond donors (Lipinski definition) is 0. The third kappa shape index (κ3) is 8.59. The van der Waals surface area contributed by atoms with Crippen LogP contribution in [0, 0.1) is 22.7 Å². The Morgan fingerprint density at radius 2 is 1.56 bits per heavy atom. The minimum Gasteiger partial charge on any atom is -0.456 e. The summed E-state index contributed by atoms with van der Waals surface area (Å²) in [5.41, 5.74) is -0.563. The fourth-order valence-corrected chi connectivity index (χ4v) is 8.80. The lowest BCUT2D eigenvalue weighted by Crippen LogP contribution is -2.65. The topological polar surface area (TPSA) is 94.0 Å². The summed E-state index contributed by atoms with van der Waals surface area (Å²) in [5, 5.41) is 4.38. The zero-order valence-corrected chi connectivity index (χ0v) is 32.3. The van der Waals surface area contributed by atoms with Crippen molar-refractivity contribution in [2.24, 2.45) is 22.7 Å². The maximum absolute atomic E-state index is 14.0. The van der Waals surface area contributed by atoms with Crippen molar-refractivity contribution in [1.82, 2.24) is 19.6 Å². The third-order valence-corrected chi connectivity index (χ3v) is 12.1. The second kappa shape index (κ2) is 15.1. The minimum absolute atomic E-state index is 0.0234. The molecule has 3 heterocycles. The van der Waals surface area contributed by atoms with Crippen molar-refractivity contribution < 1.29 is 50.2 Å². The molecule has 2 saturated carbocycles. The summed E-state index contributed by atoms with van der Waals surface area (Å²) in [4.78, 5) is 42.9. The van der Waals surface area contributed by atoms with Crippen LogP contribution in [0.25, 0.3) is 0 Å². The van der Waals surface area contributed by atoms with E-state index in [1.54, 1.807) is 60.8 Å². The molecule has 1 spiro atoms. The highest BCUT2D eigenvalue weighted by molar-refractivity contribution is 5.94. The minimum atomic E-state index is -4.63. The first-order valence-corrected chi connectivity index (χ1v) is 19.5. The normalized spacial score (nSPS) is 23.0. The number of amides is 2. The van der Waals surface area contributed by atoms with Gasteiger partial charge in [-0.3, -0.25) is 14.3 Å². The summed E-state index contributed by atoms with van der Waals surface area (Å²) in [5.74, 6) is -3.25. The van der Waals surface area contributed by atoms with Crippen LogP contribution in [0.15, 0.2) is 60.9 Å². The first-order chi connectivity index (χ1) is 26.8. The van der Waals surface area contributed by atoms with Gasteiger partial charge in [-0.15, -0.1) is 0 Å². The van der Waals surface area contributed by atoms with Crippen molar-refractivity contribution in [3.05, 3.63) is 88.7 Å². The van der Waals surface area contributed by atoms with E-state index in [2.05, 4.69) is 5.10 Å². The van der Waals surface area contributed by atoms with Gasteiger partial charge in [0.05, 0.1) is 43.0 Å². The molecular formula is C42H48F6N4O5. The monoisotopic (exact) mass is 802 g/mol. The highest BCUT2D eigenvalue weighted by Gasteiger charge is 2.71. The average Bonchev–Trinajstić information content (AvgIpc) is 3.70. The van der Waals surface area contributed by atoms with Gasteiger partial charge in [0.1, 0.15) is 11.0 Å². The number of likely N-dealkylation sites (tertiary alicyclic amines) is 2. The molecule has 4 aliphatic rings. The van der Waals surface area contributed by atoms with Crippen LogP contribution in [0.3, 0.4) is 0 Å². The lowest BCUT2D eigenvalue weighted by Gasteiger charge is -2.51. The standard InChI is InChI=1S/C42H48F6N4O5/c1-38(2,3)57-36(54)34-10-5-4-8-30(34)19-52-20-31(18-49-52)35(53)50-21-33(39(24-50)25-51(26-39)37(55)40(15-16-40)42(46,47)48)23-56-22-27-7-6-9-29(17-27)28-11-13-32(14-12-28)41(43,44)45/h4-10,17-18,20,28,32-33H,11-16,19,21-26H2,1-3H3. The van der Waals surface area contributed by atoms with Gasteiger partial charge in [0.25, 0.3) is 5.91 Å². The molecule has 2 amide bonds. The summed E-state index contributed by atoms with van der Waals surface area (Å²) >= 11 is 0. The Kier molecular flexibility index (Phi) is 10.8. The van der Waals surface area contributed by atoms with E-state index in [9.17, 15) is 40.7 Å². The van der Waals surface area contributed by atoms with Crippen molar-refractivity contribution in [2.75, 3.05) is 32.8 Å². The molecule has 3 aromatic rings. The number of ether oxygens (including phenoxy) is 2. The first kappa shape index (κ1) is 40.8. The molecular weight excluding hydrogens is 754 g/mol. The molecule has 1 unspecified atom stereocenters. The number of aromatic nitrogens is 2. The second-order valence-electron chi connectivity index (χ2n) is 17.4. The van der Waals surface area contributed by atoms with Gasteiger partial charge in [0, 0.05) is 43.7 Å². The van der Waals surface area contributed by atoms with Crippen LogP contribution in [0.1, 0.15) is 103 Å². The molecule has 57 heavy (non-hydrogen) atoms. The van der Waals surface area contributed by atoms with Gasteiger partial charge in [-0.05, 0) is 88.0 Å². The zero-order chi connectivity index (χ0) is 41.0. The number of carbonyl (C=O) groups is 3. The number of halogens is 6. The van der Waals surface area contributed by atoms with Crippen molar-refractivity contribution in [1.29, 1.82) is 0 Å². The van der Waals surface area contributed by atoms with Crippen LogP contribution in [-0.4, -0.2) is 88.1 Å². The molecule has 7 rings (SSSR count). The average molecular weight is 803 g/mol. The molecule has 1 atom stereocenters. The van der Waals surface area contributed by atoms with Crippen LogP contribution >= 0.6 is 0 Å². The van der Waals surface area contributed by atoms with Gasteiger partial charge in [-0.1, -0.05) is 42.5 Å². The predicted molar refractivity (Wildman–Crippen MR) is 196 cm³/mol. The lowest BCUT2D eigenvalue weighted by atomic mass is 9.71. The number of benzene rings is 2. The highest BCUT2D eigenvalue weighted by Crippen LogP contribution is 2.60. The third-order valence-electron chi connectivity index (χ3n) is 12.1. The highest BCUT2D eigenvalue weighted by atomic mass is 19.4. The largest absolute Gasteiger partial charge is 0.456 e. The van der Waals surface area contributed by atoms with Gasteiger partial charge < -0.3 is 19.3 Å². The first-order valence-electron chi connectivity index (χ1n) is 19.5. The molecule has 0 bridgehead atoms. The summed E-state index contributed by atoms with van der Waals surface area (Å²) in [7, 11) is 0. The molecule has 1 aromatic heterocycles. The van der Waals surface area contributed by atoms with Gasteiger partial charge >= 0.3 is 18.3 Å². The van der Waals surface area contributed by atoms with E-state index in [-0.39, 0.29) is 89.4 Å². The summed E-state index contributed by atoms with van der Waals surface area (Å²) < 4.78 is 94.7. The van der Waals surface area contributed by atoms with E-state index in [0.717, 1.165) is 11.1 Å². The van der Waals surface area contributed by atoms with Crippen molar-refractivity contribution >= 4 is 17.8 Å². The lowest BCUT2D eigenvalue weighted by molar-refractivity contribution is -0.205.